The number of thiol groups is 1. The lowest BCUT2D eigenvalue weighted by molar-refractivity contribution is -0.578. The predicted molar refractivity (Wildman–Crippen MR) is 64.4 cm³/mol. The SMILES string of the molecule is COC(=O)/C(=C(/S)SC)[n+]1ccccc1. The number of carbonyl (C=O) groups excluding carboxylic acids is 1. The maximum Gasteiger partial charge on any atom is 0.405 e. The second kappa shape index (κ2) is 5.82. The van der Waals surface area contributed by atoms with Crippen LogP contribution >= 0.6 is 24.4 Å². The Hall–Kier alpha value is -0.940. The van der Waals surface area contributed by atoms with E-state index in [9.17, 15) is 4.79 Å². The van der Waals surface area contributed by atoms with E-state index in [0.29, 0.717) is 9.93 Å². The van der Waals surface area contributed by atoms with Crippen molar-refractivity contribution in [2.75, 3.05) is 13.4 Å². The second-order valence-corrected chi connectivity index (χ2v) is 4.20. The van der Waals surface area contributed by atoms with Gasteiger partial charge in [0.15, 0.2) is 12.4 Å². The van der Waals surface area contributed by atoms with Crippen LogP contribution in [0.4, 0.5) is 0 Å². The monoisotopic (exact) mass is 242 g/mol. The lowest BCUT2D eigenvalue weighted by Gasteiger charge is -2.01. The molecule has 0 saturated heterocycles. The maximum absolute atomic E-state index is 11.5. The van der Waals surface area contributed by atoms with Gasteiger partial charge in [-0.2, -0.15) is 4.57 Å². The molecule has 80 valence electrons. The Kier molecular flexibility index (Phi) is 4.71. The van der Waals surface area contributed by atoms with Crippen molar-refractivity contribution in [3.05, 3.63) is 34.8 Å². The molecule has 1 heterocycles. The van der Waals surface area contributed by atoms with Crippen molar-refractivity contribution in [1.82, 2.24) is 0 Å². The molecule has 0 radical (unpaired) electrons. The molecule has 0 unspecified atom stereocenters. The minimum absolute atomic E-state index is 0.398. The van der Waals surface area contributed by atoms with Crippen molar-refractivity contribution in [2.24, 2.45) is 0 Å². The summed E-state index contributed by atoms with van der Waals surface area (Å²) in [6, 6.07) is 5.55. The van der Waals surface area contributed by atoms with Gasteiger partial charge in [0.2, 0.25) is 0 Å². The first-order chi connectivity index (χ1) is 7.20. The molecule has 0 aromatic carbocycles. The van der Waals surface area contributed by atoms with E-state index in [4.69, 9.17) is 4.74 Å². The first kappa shape index (κ1) is 12.1. The van der Waals surface area contributed by atoms with E-state index in [1.165, 1.54) is 18.9 Å². The van der Waals surface area contributed by atoms with Crippen LogP contribution in [0.25, 0.3) is 5.70 Å². The van der Waals surface area contributed by atoms with E-state index < -0.39 is 5.97 Å². The summed E-state index contributed by atoms with van der Waals surface area (Å²) in [5.74, 6) is -0.398. The number of rotatable bonds is 3. The highest BCUT2D eigenvalue weighted by Crippen LogP contribution is 2.21. The van der Waals surface area contributed by atoms with Gasteiger partial charge in [-0.3, -0.25) is 0 Å². The molecule has 15 heavy (non-hydrogen) atoms. The normalized spacial score (nSPS) is 11.9. The molecular weight excluding hydrogens is 230 g/mol. The number of methoxy groups -OCH3 is 1. The van der Waals surface area contributed by atoms with Gasteiger partial charge in [0, 0.05) is 12.1 Å². The molecule has 0 saturated carbocycles. The van der Waals surface area contributed by atoms with Crippen LogP contribution in [-0.2, 0) is 9.53 Å². The van der Waals surface area contributed by atoms with Crippen LogP contribution in [0.1, 0.15) is 0 Å². The van der Waals surface area contributed by atoms with Crippen LogP contribution in [0.3, 0.4) is 0 Å². The molecule has 0 bridgehead atoms. The zero-order valence-electron chi connectivity index (χ0n) is 8.51. The summed E-state index contributed by atoms with van der Waals surface area (Å²) in [5.41, 5.74) is 0.425. The third-order valence-electron chi connectivity index (χ3n) is 1.75. The highest BCUT2D eigenvalue weighted by molar-refractivity contribution is 8.15. The Morgan fingerprint density at radius 3 is 2.40 bits per heavy atom. The highest BCUT2D eigenvalue weighted by Gasteiger charge is 2.24. The van der Waals surface area contributed by atoms with Gasteiger partial charge in [-0.05, 0) is 6.26 Å². The highest BCUT2D eigenvalue weighted by atomic mass is 32.2. The average molecular weight is 242 g/mol. The molecule has 1 rings (SSSR count). The van der Waals surface area contributed by atoms with Crippen LogP contribution in [-0.4, -0.2) is 19.3 Å². The number of pyridine rings is 1. The number of thioether (sulfide) groups is 1. The first-order valence-electron chi connectivity index (χ1n) is 4.23. The number of hydrogen-bond acceptors (Lipinski definition) is 4. The van der Waals surface area contributed by atoms with E-state index in [-0.39, 0.29) is 0 Å². The Balaban J connectivity index is 3.20. The first-order valence-corrected chi connectivity index (χ1v) is 5.90. The van der Waals surface area contributed by atoms with Gasteiger partial charge in [-0.15, -0.1) is 24.4 Å². The molecule has 1 aromatic rings. The van der Waals surface area contributed by atoms with Crippen LogP contribution < -0.4 is 4.57 Å². The zero-order valence-corrected chi connectivity index (χ0v) is 10.2. The smallest absolute Gasteiger partial charge is 0.405 e. The Labute approximate surface area is 98.5 Å². The summed E-state index contributed by atoms with van der Waals surface area (Å²) < 4.78 is 7.02. The number of hydrogen-bond donors (Lipinski definition) is 1. The van der Waals surface area contributed by atoms with Crippen molar-refractivity contribution < 1.29 is 14.1 Å². The Morgan fingerprint density at radius 2 is 1.93 bits per heavy atom. The summed E-state index contributed by atoms with van der Waals surface area (Å²) in [6.07, 6.45) is 5.41. The molecule has 0 amide bonds. The largest absolute Gasteiger partial charge is 0.461 e. The molecule has 0 aliphatic carbocycles. The standard InChI is InChI=1S/C10H11NO2S2/c1-13-9(12)8(10(14)15-2)11-6-4-3-5-7-11/h3-7H,1-2H3/p+1. The molecule has 3 nitrogen and oxygen atoms in total. The summed E-state index contributed by atoms with van der Waals surface area (Å²) >= 11 is 5.64. The van der Waals surface area contributed by atoms with E-state index in [2.05, 4.69) is 12.6 Å². The molecular formula is C10H12NO2S2+. The van der Waals surface area contributed by atoms with Crippen LogP contribution in [0.15, 0.2) is 34.8 Å². The summed E-state index contributed by atoms with van der Waals surface area (Å²) in [6.45, 7) is 0. The fourth-order valence-electron chi connectivity index (χ4n) is 1.04. The van der Waals surface area contributed by atoms with Crippen molar-refractivity contribution in [2.45, 2.75) is 0 Å². The molecule has 0 fully saturated rings. The van der Waals surface area contributed by atoms with Crippen molar-refractivity contribution >= 4 is 36.1 Å². The second-order valence-electron chi connectivity index (χ2n) is 2.63. The van der Waals surface area contributed by atoms with Gasteiger partial charge < -0.3 is 4.74 Å². The maximum atomic E-state index is 11.5. The summed E-state index contributed by atoms with van der Waals surface area (Å²) in [7, 11) is 1.35. The average Bonchev–Trinajstić information content (AvgIpc) is 2.30. The van der Waals surface area contributed by atoms with Crippen LogP contribution in [0.2, 0.25) is 0 Å². The summed E-state index contributed by atoms with van der Waals surface area (Å²) in [5, 5.41) is 0. The molecule has 0 spiro atoms. The number of carbonyl (C=O) groups is 1. The lowest BCUT2D eigenvalue weighted by atomic mass is 10.4. The van der Waals surface area contributed by atoms with Crippen molar-refractivity contribution in [3.8, 4) is 0 Å². The quantitative estimate of drug-likeness (QED) is 0.378. The minimum atomic E-state index is -0.398. The van der Waals surface area contributed by atoms with Gasteiger partial charge in [0.25, 0.3) is 0 Å². The van der Waals surface area contributed by atoms with Crippen molar-refractivity contribution in [3.63, 3.8) is 0 Å². The van der Waals surface area contributed by atoms with E-state index in [0.717, 1.165) is 0 Å². The molecule has 0 aliphatic rings. The number of aromatic nitrogens is 1. The topological polar surface area (TPSA) is 30.2 Å². The van der Waals surface area contributed by atoms with Gasteiger partial charge in [0.1, 0.15) is 4.24 Å². The van der Waals surface area contributed by atoms with Crippen LogP contribution in [0.5, 0.6) is 0 Å². The number of esters is 1. The van der Waals surface area contributed by atoms with E-state index in [1.807, 2.05) is 24.5 Å². The number of nitrogens with zero attached hydrogens (tertiary/aromatic N) is 1. The third kappa shape index (κ3) is 3.00. The molecule has 0 aliphatic heterocycles. The number of ether oxygens (including phenoxy) is 1. The lowest BCUT2D eigenvalue weighted by Crippen LogP contribution is -2.36. The van der Waals surface area contributed by atoms with Crippen molar-refractivity contribution in [1.29, 1.82) is 0 Å². The molecule has 0 N–H and O–H groups in total. The summed E-state index contributed by atoms with van der Waals surface area (Å²) in [4.78, 5) is 11.5. The van der Waals surface area contributed by atoms with Gasteiger partial charge in [-0.25, -0.2) is 4.79 Å². The van der Waals surface area contributed by atoms with Crippen LogP contribution in [0, 0.1) is 0 Å². The van der Waals surface area contributed by atoms with Gasteiger partial charge >= 0.3 is 11.7 Å². The fourth-order valence-corrected chi connectivity index (χ4v) is 1.63. The fraction of sp³-hybridized carbons (Fsp3) is 0.200. The molecule has 5 heteroatoms. The third-order valence-corrected chi connectivity index (χ3v) is 3.09. The Bertz CT molecular complexity index is 376. The van der Waals surface area contributed by atoms with E-state index in [1.54, 1.807) is 17.0 Å². The zero-order chi connectivity index (χ0) is 11.3. The minimum Gasteiger partial charge on any atom is -0.461 e. The van der Waals surface area contributed by atoms with Gasteiger partial charge in [0.05, 0.1) is 7.11 Å². The Morgan fingerprint density at radius 1 is 1.33 bits per heavy atom. The van der Waals surface area contributed by atoms with E-state index >= 15 is 0 Å². The predicted octanol–water partition coefficient (Wildman–Crippen LogP) is 1.57. The van der Waals surface area contributed by atoms with Gasteiger partial charge in [-0.1, -0.05) is 6.07 Å². The molecule has 1 aromatic heterocycles. The molecule has 0 atom stereocenters.